The van der Waals surface area contributed by atoms with Gasteiger partial charge >= 0.3 is 0 Å². The predicted molar refractivity (Wildman–Crippen MR) is 128 cm³/mol. The lowest BCUT2D eigenvalue weighted by Gasteiger charge is -2.11. The van der Waals surface area contributed by atoms with Gasteiger partial charge in [0.1, 0.15) is 17.9 Å². The van der Waals surface area contributed by atoms with Crippen LogP contribution in [0.4, 0.5) is 17.2 Å². The van der Waals surface area contributed by atoms with E-state index in [4.69, 9.17) is 16.3 Å². The van der Waals surface area contributed by atoms with Crippen LogP contribution in [-0.4, -0.2) is 23.0 Å². The standard InChI is InChI=1S/C25H21ClN4O2/c1-16-3-5-17(6-4-16)21-14-24(28-15-27-21)29-20-10-7-18(8-11-20)25(31)30-22-13-19(26)9-12-23(22)32-2/h3-15H,1-2H3,(H,30,31)(H,27,28,29). The summed E-state index contributed by atoms with van der Waals surface area (Å²) >= 11 is 6.03. The zero-order valence-corrected chi connectivity index (χ0v) is 18.4. The van der Waals surface area contributed by atoms with Crippen LogP contribution in [0.2, 0.25) is 5.02 Å². The highest BCUT2D eigenvalue weighted by Crippen LogP contribution is 2.28. The van der Waals surface area contributed by atoms with Crippen LogP contribution in [0.1, 0.15) is 15.9 Å². The van der Waals surface area contributed by atoms with E-state index in [0.717, 1.165) is 16.9 Å². The number of rotatable bonds is 6. The molecule has 6 nitrogen and oxygen atoms in total. The SMILES string of the molecule is COc1ccc(Cl)cc1NC(=O)c1ccc(Nc2cc(-c3ccc(C)cc3)ncn2)cc1. The third kappa shape index (κ3) is 5.04. The number of ether oxygens (including phenoxy) is 1. The van der Waals surface area contributed by atoms with Crippen molar-refractivity contribution in [2.24, 2.45) is 0 Å². The molecule has 32 heavy (non-hydrogen) atoms. The average molecular weight is 445 g/mol. The van der Waals surface area contributed by atoms with Crippen LogP contribution in [0.5, 0.6) is 5.75 Å². The number of methoxy groups -OCH3 is 1. The minimum atomic E-state index is -0.263. The molecule has 0 fully saturated rings. The molecule has 0 unspecified atom stereocenters. The fourth-order valence-corrected chi connectivity index (χ4v) is 3.31. The summed E-state index contributed by atoms with van der Waals surface area (Å²) in [6.07, 6.45) is 1.53. The molecule has 0 radical (unpaired) electrons. The van der Waals surface area contributed by atoms with Crippen molar-refractivity contribution in [2.45, 2.75) is 6.92 Å². The van der Waals surface area contributed by atoms with Crippen LogP contribution in [0, 0.1) is 6.92 Å². The van der Waals surface area contributed by atoms with E-state index < -0.39 is 0 Å². The number of anilines is 3. The number of aromatic nitrogens is 2. The Morgan fingerprint density at radius 2 is 1.69 bits per heavy atom. The monoisotopic (exact) mass is 444 g/mol. The first-order valence-electron chi connectivity index (χ1n) is 9.93. The number of benzene rings is 3. The molecule has 1 aromatic heterocycles. The molecule has 0 spiro atoms. The number of hydrogen-bond acceptors (Lipinski definition) is 5. The van der Waals surface area contributed by atoms with E-state index in [9.17, 15) is 4.79 Å². The first kappa shape index (κ1) is 21.3. The van der Waals surface area contributed by atoms with Crippen LogP contribution in [0.3, 0.4) is 0 Å². The number of carbonyl (C=O) groups excluding carboxylic acids is 1. The van der Waals surface area contributed by atoms with E-state index in [1.165, 1.54) is 19.0 Å². The lowest BCUT2D eigenvalue weighted by molar-refractivity contribution is 0.102. The normalized spacial score (nSPS) is 10.5. The van der Waals surface area contributed by atoms with Gasteiger partial charge in [0.2, 0.25) is 0 Å². The number of nitrogens with zero attached hydrogens (tertiary/aromatic N) is 2. The summed E-state index contributed by atoms with van der Waals surface area (Å²) in [6, 6.07) is 22.2. The minimum absolute atomic E-state index is 0.263. The fraction of sp³-hybridized carbons (Fsp3) is 0.0800. The number of nitrogens with one attached hydrogen (secondary N) is 2. The number of halogens is 1. The molecule has 0 aliphatic heterocycles. The van der Waals surface area contributed by atoms with E-state index in [0.29, 0.717) is 27.8 Å². The maximum Gasteiger partial charge on any atom is 0.255 e. The van der Waals surface area contributed by atoms with E-state index >= 15 is 0 Å². The molecule has 0 aliphatic carbocycles. The van der Waals surface area contributed by atoms with Crippen molar-refractivity contribution in [2.75, 3.05) is 17.7 Å². The van der Waals surface area contributed by atoms with Crippen LogP contribution in [0.15, 0.2) is 79.1 Å². The number of amides is 1. The molecule has 1 amide bonds. The molecule has 0 saturated carbocycles. The van der Waals surface area contributed by atoms with Gasteiger partial charge in [0, 0.05) is 27.9 Å². The predicted octanol–water partition coefficient (Wildman–Crippen LogP) is 6.11. The number of carbonyl (C=O) groups is 1. The minimum Gasteiger partial charge on any atom is -0.495 e. The highest BCUT2D eigenvalue weighted by atomic mass is 35.5. The second kappa shape index (κ2) is 9.49. The first-order chi connectivity index (χ1) is 15.5. The molecule has 4 aromatic rings. The van der Waals surface area contributed by atoms with Crippen molar-refractivity contribution in [1.29, 1.82) is 0 Å². The van der Waals surface area contributed by atoms with Gasteiger partial charge < -0.3 is 15.4 Å². The summed E-state index contributed by atoms with van der Waals surface area (Å²) in [5.74, 6) is 0.937. The van der Waals surface area contributed by atoms with Gasteiger partial charge in [-0.2, -0.15) is 0 Å². The molecule has 0 atom stereocenters. The summed E-state index contributed by atoms with van der Waals surface area (Å²) in [7, 11) is 1.54. The van der Waals surface area contributed by atoms with Gasteiger partial charge in [-0.1, -0.05) is 41.4 Å². The molecule has 160 valence electrons. The molecule has 4 rings (SSSR count). The zero-order chi connectivity index (χ0) is 22.5. The molecule has 0 aliphatic rings. The van der Waals surface area contributed by atoms with Gasteiger partial charge in [0.15, 0.2) is 0 Å². The molecule has 0 saturated heterocycles. The Balaban J connectivity index is 1.46. The Kier molecular flexibility index (Phi) is 6.33. The summed E-state index contributed by atoms with van der Waals surface area (Å²) in [5, 5.41) is 6.58. The maximum absolute atomic E-state index is 12.6. The molecule has 3 aromatic carbocycles. The Morgan fingerprint density at radius 1 is 0.938 bits per heavy atom. The van der Waals surface area contributed by atoms with Gasteiger partial charge in [-0.15, -0.1) is 0 Å². The van der Waals surface area contributed by atoms with Crippen molar-refractivity contribution in [1.82, 2.24) is 9.97 Å². The molecular weight excluding hydrogens is 424 g/mol. The lowest BCUT2D eigenvalue weighted by atomic mass is 10.1. The van der Waals surface area contributed by atoms with Crippen LogP contribution < -0.4 is 15.4 Å². The smallest absolute Gasteiger partial charge is 0.255 e. The summed E-state index contributed by atoms with van der Waals surface area (Å²) in [5.41, 5.74) is 4.85. The van der Waals surface area contributed by atoms with Crippen LogP contribution in [0.25, 0.3) is 11.3 Å². The third-order valence-corrected chi connectivity index (χ3v) is 5.08. The average Bonchev–Trinajstić information content (AvgIpc) is 2.80. The highest BCUT2D eigenvalue weighted by Gasteiger charge is 2.11. The molecule has 1 heterocycles. The van der Waals surface area contributed by atoms with Gasteiger partial charge in [-0.3, -0.25) is 4.79 Å². The Morgan fingerprint density at radius 3 is 2.41 bits per heavy atom. The van der Waals surface area contributed by atoms with E-state index in [-0.39, 0.29) is 5.91 Å². The molecule has 0 bridgehead atoms. The van der Waals surface area contributed by atoms with Crippen molar-refractivity contribution in [3.8, 4) is 17.0 Å². The van der Waals surface area contributed by atoms with Gasteiger partial charge in [0.25, 0.3) is 5.91 Å². The van der Waals surface area contributed by atoms with E-state index in [2.05, 4.69) is 20.6 Å². The van der Waals surface area contributed by atoms with Crippen molar-refractivity contribution in [3.05, 3.63) is 95.3 Å². The molecule has 7 heteroatoms. The third-order valence-electron chi connectivity index (χ3n) is 4.84. The van der Waals surface area contributed by atoms with Crippen LogP contribution >= 0.6 is 11.6 Å². The topological polar surface area (TPSA) is 76.1 Å². The second-order valence-corrected chi connectivity index (χ2v) is 7.59. The zero-order valence-electron chi connectivity index (χ0n) is 17.6. The highest BCUT2D eigenvalue weighted by molar-refractivity contribution is 6.31. The van der Waals surface area contributed by atoms with Crippen molar-refractivity contribution in [3.63, 3.8) is 0 Å². The summed E-state index contributed by atoms with van der Waals surface area (Å²) < 4.78 is 5.27. The second-order valence-electron chi connectivity index (χ2n) is 7.16. The largest absolute Gasteiger partial charge is 0.495 e. The Labute approximate surface area is 191 Å². The van der Waals surface area contributed by atoms with Gasteiger partial charge in [-0.25, -0.2) is 9.97 Å². The first-order valence-corrected chi connectivity index (χ1v) is 10.3. The molecule has 2 N–H and O–H groups in total. The van der Waals surface area contributed by atoms with E-state index in [1.54, 1.807) is 30.3 Å². The Bertz CT molecular complexity index is 1240. The van der Waals surface area contributed by atoms with Crippen LogP contribution in [-0.2, 0) is 0 Å². The van der Waals surface area contributed by atoms with E-state index in [1.807, 2.05) is 49.4 Å². The number of aryl methyl sites for hydroxylation is 1. The van der Waals surface area contributed by atoms with Crippen molar-refractivity contribution < 1.29 is 9.53 Å². The number of hydrogen-bond donors (Lipinski definition) is 2. The fourth-order valence-electron chi connectivity index (χ4n) is 3.13. The summed E-state index contributed by atoms with van der Waals surface area (Å²) in [6.45, 7) is 2.05. The lowest BCUT2D eigenvalue weighted by Crippen LogP contribution is -2.12. The van der Waals surface area contributed by atoms with Crippen molar-refractivity contribution >= 4 is 34.7 Å². The Hall–Kier alpha value is -3.90. The molecular formula is C25H21ClN4O2. The quantitative estimate of drug-likeness (QED) is 0.375. The maximum atomic E-state index is 12.6. The van der Waals surface area contributed by atoms with Gasteiger partial charge in [-0.05, 0) is 49.4 Å². The van der Waals surface area contributed by atoms with Gasteiger partial charge in [0.05, 0.1) is 18.5 Å². The summed E-state index contributed by atoms with van der Waals surface area (Å²) in [4.78, 5) is 21.3.